The van der Waals surface area contributed by atoms with Gasteiger partial charge in [-0.3, -0.25) is 14.4 Å². The molecule has 0 aliphatic heterocycles. The Hall–Kier alpha value is -1.79. The summed E-state index contributed by atoms with van der Waals surface area (Å²) in [6.45, 7) is 6.82. The summed E-state index contributed by atoms with van der Waals surface area (Å²) in [6.07, 6.45) is 0. The number of hydrogen-bond acceptors (Lipinski definition) is 3. The van der Waals surface area contributed by atoms with Crippen LogP contribution in [0, 0.1) is 0 Å². The monoisotopic (exact) mass is 373 g/mol. The van der Waals surface area contributed by atoms with Gasteiger partial charge in [0.15, 0.2) is 0 Å². The first-order valence-electron chi connectivity index (χ1n) is 7.34. The van der Waals surface area contributed by atoms with E-state index in [1.54, 1.807) is 6.92 Å². The minimum absolute atomic E-state index is 0.193. The van der Waals surface area contributed by atoms with E-state index in [1.165, 1.54) is 18.2 Å². The fourth-order valence-corrected chi connectivity index (χ4v) is 2.26. The number of nitrogens with one attached hydrogen (secondary N) is 3. The Morgan fingerprint density at radius 3 is 2.33 bits per heavy atom. The third kappa shape index (κ3) is 6.76. The molecule has 1 aromatic rings. The van der Waals surface area contributed by atoms with Crippen molar-refractivity contribution >= 4 is 40.9 Å². The highest BCUT2D eigenvalue weighted by atomic mass is 35.5. The topological polar surface area (TPSA) is 87.3 Å². The molecule has 0 aliphatic carbocycles. The third-order valence-electron chi connectivity index (χ3n) is 2.85. The number of hydrogen-bond donors (Lipinski definition) is 3. The molecule has 0 spiro atoms. The molecule has 0 saturated heterocycles. The molecule has 1 rings (SSSR count). The lowest BCUT2D eigenvalue weighted by Crippen LogP contribution is -2.52. The van der Waals surface area contributed by atoms with Crippen LogP contribution in [0.1, 0.15) is 38.1 Å². The maximum Gasteiger partial charge on any atom is 0.253 e. The van der Waals surface area contributed by atoms with E-state index in [2.05, 4.69) is 16.0 Å². The molecule has 8 heteroatoms. The first-order chi connectivity index (χ1) is 11.0. The van der Waals surface area contributed by atoms with Crippen molar-refractivity contribution in [1.82, 2.24) is 16.0 Å². The van der Waals surface area contributed by atoms with Gasteiger partial charge in [0.1, 0.15) is 6.04 Å². The van der Waals surface area contributed by atoms with E-state index in [0.29, 0.717) is 5.02 Å². The molecular weight excluding hydrogens is 353 g/mol. The Labute approximate surface area is 151 Å². The van der Waals surface area contributed by atoms with Gasteiger partial charge in [-0.15, -0.1) is 0 Å². The highest BCUT2D eigenvalue weighted by Gasteiger charge is 2.21. The van der Waals surface area contributed by atoms with E-state index < -0.39 is 23.4 Å². The maximum absolute atomic E-state index is 12.0. The van der Waals surface area contributed by atoms with Gasteiger partial charge in [-0.2, -0.15) is 0 Å². The fourth-order valence-electron chi connectivity index (χ4n) is 1.77. The zero-order valence-electron chi connectivity index (χ0n) is 14.0. The largest absolute Gasteiger partial charge is 0.350 e. The van der Waals surface area contributed by atoms with Crippen LogP contribution in [0.4, 0.5) is 0 Å². The van der Waals surface area contributed by atoms with Crippen LogP contribution in [0.2, 0.25) is 10.0 Å². The Bertz CT molecular complexity index is 642. The summed E-state index contributed by atoms with van der Waals surface area (Å²) in [5.41, 5.74) is -0.178. The summed E-state index contributed by atoms with van der Waals surface area (Å²) >= 11 is 11.7. The molecule has 6 nitrogen and oxygen atoms in total. The molecule has 0 aromatic heterocycles. The summed E-state index contributed by atoms with van der Waals surface area (Å²) < 4.78 is 0. The van der Waals surface area contributed by atoms with Crippen molar-refractivity contribution in [2.45, 2.75) is 39.3 Å². The average Bonchev–Trinajstić information content (AvgIpc) is 2.42. The molecule has 0 aliphatic rings. The van der Waals surface area contributed by atoms with Crippen LogP contribution in [0.25, 0.3) is 0 Å². The Morgan fingerprint density at radius 2 is 1.79 bits per heavy atom. The molecule has 0 bridgehead atoms. The van der Waals surface area contributed by atoms with Gasteiger partial charge in [0.25, 0.3) is 5.91 Å². The van der Waals surface area contributed by atoms with Crippen LogP contribution in [-0.2, 0) is 9.59 Å². The molecule has 132 valence electrons. The summed E-state index contributed by atoms with van der Waals surface area (Å²) in [7, 11) is 0. The normalized spacial score (nSPS) is 12.2. The van der Waals surface area contributed by atoms with Crippen molar-refractivity contribution in [3.8, 4) is 0 Å². The van der Waals surface area contributed by atoms with Gasteiger partial charge >= 0.3 is 0 Å². The number of halogens is 2. The fraction of sp³-hybridized carbons (Fsp3) is 0.438. The molecule has 3 amide bonds. The van der Waals surface area contributed by atoms with Crippen LogP contribution < -0.4 is 16.0 Å². The first-order valence-corrected chi connectivity index (χ1v) is 8.10. The minimum atomic E-state index is -0.715. The van der Waals surface area contributed by atoms with Crippen LogP contribution >= 0.6 is 23.2 Å². The zero-order chi connectivity index (χ0) is 18.5. The first kappa shape index (κ1) is 20.3. The van der Waals surface area contributed by atoms with E-state index >= 15 is 0 Å². The van der Waals surface area contributed by atoms with Crippen LogP contribution in [-0.4, -0.2) is 35.8 Å². The maximum atomic E-state index is 12.0. The van der Waals surface area contributed by atoms with E-state index in [1.807, 2.05) is 20.8 Å². The van der Waals surface area contributed by atoms with Crippen molar-refractivity contribution in [2.75, 3.05) is 6.54 Å². The molecular formula is C16H21Cl2N3O3. The van der Waals surface area contributed by atoms with Gasteiger partial charge in [0, 0.05) is 10.6 Å². The molecule has 0 saturated carbocycles. The highest BCUT2D eigenvalue weighted by molar-refractivity contribution is 6.36. The highest BCUT2D eigenvalue weighted by Crippen LogP contribution is 2.20. The summed E-state index contributed by atoms with van der Waals surface area (Å²) in [6, 6.07) is 3.73. The van der Waals surface area contributed by atoms with E-state index in [4.69, 9.17) is 23.2 Å². The molecule has 1 aromatic carbocycles. The average molecular weight is 374 g/mol. The molecule has 1 atom stereocenters. The standard InChI is InChI=1S/C16H21Cl2N3O3/c1-9(14(23)21-16(2,3)4)20-13(22)8-19-15(24)11-6-5-10(17)7-12(11)18/h5-7,9H,8H2,1-4H3,(H,19,24)(H,20,22)(H,21,23). The molecule has 1 unspecified atom stereocenters. The lowest BCUT2D eigenvalue weighted by atomic mass is 10.1. The Balaban J connectivity index is 2.51. The van der Waals surface area contributed by atoms with E-state index in [0.717, 1.165) is 0 Å². The summed E-state index contributed by atoms with van der Waals surface area (Å²) in [5.74, 6) is -1.29. The van der Waals surface area contributed by atoms with Crippen molar-refractivity contribution in [1.29, 1.82) is 0 Å². The Kier molecular flexibility index (Phi) is 7.05. The van der Waals surface area contributed by atoms with Crippen LogP contribution in [0.5, 0.6) is 0 Å². The predicted molar refractivity (Wildman–Crippen MR) is 94.3 cm³/mol. The molecule has 3 N–H and O–H groups in total. The quantitative estimate of drug-likeness (QED) is 0.738. The predicted octanol–water partition coefficient (Wildman–Crippen LogP) is 2.14. The number of amides is 3. The minimum Gasteiger partial charge on any atom is -0.350 e. The van der Waals surface area contributed by atoms with Gasteiger partial charge in [-0.25, -0.2) is 0 Å². The third-order valence-corrected chi connectivity index (χ3v) is 3.40. The summed E-state index contributed by atoms with van der Waals surface area (Å²) in [5, 5.41) is 8.31. The summed E-state index contributed by atoms with van der Waals surface area (Å²) in [4.78, 5) is 35.7. The molecule has 0 radical (unpaired) electrons. The lowest BCUT2D eigenvalue weighted by molar-refractivity contribution is -0.129. The van der Waals surface area contributed by atoms with E-state index in [9.17, 15) is 14.4 Å². The van der Waals surface area contributed by atoms with Gasteiger partial charge in [0.05, 0.1) is 17.1 Å². The van der Waals surface area contributed by atoms with Crippen molar-refractivity contribution in [2.24, 2.45) is 0 Å². The van der Waals surface area contributed by atoms with Crippen LogP contribution in [0.3, 0.4) is 0 Å². The molecule has 24 heavy (non-hydrogen) atoms. The van der Waals surface area contributed by atoms with Crippen molar-refractivity contribution in [3.63, 3.8) is 0 Å². The van der Waals surface area contributed by atoms with Gasteiger partial charge in [-0.05, 0) is 45.9 Å². The SMILES string of the molecule is CC(NC(=O)CNC(=O)c1ccc(Cl)cc1Cl)C(=O)NC(C)(C)C. The zero-order valence-corrected chi connectivity index (χ0v) is 15.5. The number of carbonyl (C=O) groups excluding carboxylic acids is 3. The van der Waals surface area contributed by atoms with Crippen LogP contribution in [0.15, 0.2) is 18.2 Å². The van der Waals surface area contributed by atoms with Crippen molar-refractivity contribution in [3.05, 3.63) is 33.8 Å². The number of rotatable bonds is 5. The second-order valence-corrected chi connectivity index (χ2v) is 7.18. The molecule has 0 heterocycles. The lowest BCUT2D eigenvalue weighted by Gasteiger charge is -2.23. The Morgan fingerprint density at radius 1 is 1.17 bits per heavy atom. The molecule has 0 fully saturated rings. The number of carbonyl (C=O) groups is 3. The van der Waals surface area contributed by atoms with Gasteiger partial charge < -0.3 is 16.0 Å². The van der Waals surface area contributed by atoms with E-state index in [-0.39, 0.29) is 23.0 Å². The smallest absolute Gasteiger partial charge is 0.253 e. The second kappa shape index (κ2) is 8.35. The number of benzene rings is 1. The van der Waals surface area contributed by atoms with Crippen molar-refractivity contribution < 1.29 is 14.4 Å². The van der Waals surface area contributed by atoms with Gasteiger partial charge in [0.2, 0.25) is 11.8 Å². The second-order valence-electron chi connectivity index (χ2n) is 6.34. The van der Waals surface area contributed by atoms with Gasteiger partial charge in [-0.1, -0.05) is 23.2 Å².